The van der Waals surface area contributed by atoms with Crippen LogP contribution in [0.1, 0.15) is 27.9 Å². The molecule has 2 aromatic rings. The molecular formula is C19H24N2O4S. The number of aryl methyl sites for hydroxylation is 1. The quantitative estimate of drug-likeness (QED) is 0.658. The van der Waals surface area contributed by atoms with Crippen LogP contribution < -0.4 is 10.0 Å². The molecule has 1 amide bonds. The standard InChI is InChI=1S/C19H24N2O4S/c1-15-7-3-4-8-17(15)14-20-19(22)16-9-5-10-18(13-16)26(23,24)21-11-6-12-25-2/h3-5,7-10,13,21H,6,11-12,14H2,1-2H3,(H,20,22). The first-order valence-corrected chi connectivity index (χ1v) is 9.84. The minimum atomic E-state index is -3.66. The van der Waals surface area contributed by atoms with Gasteiger partial charge in [-0.15, -0.1) is 0 Å². The van der Waals surface area contributed by atoms with Crippen LogP contribution in [-0.2, 0) is 21.3 Å². The van der Waals surface area contributed by atoms with Crippen molar-refractivity contribution in [2.45, 2.75) is 24.8 Å². The zero-order chi connectivity index (χ0) is 19.0. The smallest absolute Gasteiger partial charge is 0.251 e. The highest BCUT2D eigenvalue weighted by Crippen LogP contribution is 2.12. The third-order valence-corrected chi connectivity index (χ3v) is 5.38. The minimum absolute atomic E-state index is 0.0680. The highest BCUT2D eigenvalue weighted by atomic mass is 32.2. The van der Waals surface area contributed by atoms with Gasteiger partial charge < -0.3 is 10.1 Å². The number of rotatable bonds is 9. The number of hydrogen-bond acceptors (Lipinski definition) is 4. The SMILES string of the molecule is COCCCNS(=O)(=O)c1cccc(C(=O)NCc2ccccc2C)c1. The van der Waals surface area contributed by atoms with E-state index in [2.05, 4.69) is 10.0 Å². The molecule has 0 saturated heterocycles. The van der Waals surface area contributed by atoms with Gasteiger partial charge in [-0.2, -0.15) is 0 Å². The Balaban J connectivity index is 2.03. The second-order valence-electron chi connectivity index (χ2n) is 5.88. The number of benzene rings is 2. The van der Waals surface area contributed by atoms with Crippen LogP contribution in [0.4, 0.5) is 0 Å². The molecule has 6 nitrogen and oxygen atoms in total. The molecule has 140 valence electrons. The van der Waals surface area contributed by atoms with Crippen molar-refractivity contribution in [1.29, 1.82) is 0 Å². The lowest BCUT2D eigenvalue weighted by molar-refractivity contribution is 0.0950. The van der Waals surface area contributed by atoms with Crippen LogP contribution in [0.2, 0.25) is 0 Å². The van der Waals surface area contributed by atoms with E-state index in [1.54, 1.807) is 19.2 Å². The first-order chi connectivity index (χ1) is 12.4. The van der Waals surface area contributed by atoms with E-state index >= 15 is 0 Å². The number of methoxy groups -OCH3 is 1. The summed E-state index contributed by atoms with van der Waals surface area (Å²) in [6, 6.07) is 13.8. The van der Waals surface area contributed by atoms with Crippen molar-refractivity contribution >= 4 is 15.9 Å². The first-order valence-electron chi connectivity index (χ1n) is 8.35. The minimum Gasteiger partial charge on any atom is -0.385 e. The average molecular weight is 376 g/mol. The van der Waals surface area contributed by atoms with Crippen LogP contribution in [0.25, 0.3) is 0 Å². The lowest BCUT2D eigenvalue weighted by Crippen LogP contribution is -2.27. The molecule has 0 aliphatic heterocycles. The Kier molecular flexibility index (Phi) is 7.32. The molecule has 7 heteroatoms. The van der Waals surface area contributed by atoms with Crippen LogP contribution in [-0.4, -0.2) is 34.6 Å². The van der Waals surface area contributed by atoms with E-state index < -0.39 is 10.0 Å². The maximum Gasteiger partial charge on any atom is 0.251 e. The third-order valence-electron chi connectivity index (χ3n) is 3.92. The number of ether oxygens (including phenoxy) is 1. The summed E-state index contributed by atoms with van der Waals surface area (Å²) in [7, 11) is -2.09. The fraction of sp³-hybridized carbons (Fsp3) is 0.316. The van der Waals surface area contributed by atoms with Gasteiger partial charge in [-0.25, -0.2) is 13.1 Å². The van der Waals surface area contributed by atoms with Crippen molar-refractivity contribution in [3.63, 3.8) is 0 Å². The summed E-state index contributed by atoms with van der Waals surface area (Å²) in [5, 5.41) is 2.82. The monoisotopic (exact) mass is 376 g/mol. The molecule has 2 aromatic carbocycles. The van der Waals surface area contributed by atoms with Crippen molar-refractivity contribution in [2.75, 3.05) is 20.3 Å². The Labute approximate surface area is 154 Å². The van der Waals surface area contributed by atoms with Gasteiger partial charge in [0.25, 0.3) is 5.91 Å². The molecule has 0 atom stereocenters. The highest BCUT2D eigenvalue weighted by molar-refractivity contribution is 7.89. The maximum absolute atomic E-state index is 12.4. The molecule has 0 fully saturated rings. The van der Waals surface area contributed by atoms with Crippen molar-refractivity contribution in [3.05, 3.63) is 65.2 Å². The summed E-state index contributed by atoms with van der Waals surface area (Å²) in [6.45, 7) is 3.12. The van der Waals surface area contributed by atoms with E-state index in [-0.39, 0.29) is 17.3 Å². The number of carbonyl (C=O) groups is 1. The normalized spacial score (nSPS) is 11.3. The summed E-state index contributed by atoms with van der Waals surface area (Å²) in [4.78, 5) is 12.4. The number of amides is 1. The Morgan fingerprint density at radius 1 is 1.12 bits per heavy atom. The van der Waals surface area contributed by atoms with Crippen molar-refractivity contribution in [2.24, 2.45) is 0 Å². The fourth-order valence-corrected chi connectivity index (χ4v) is 3.52. The van der Waals surface area contributed by atoms with Gasteiger partial charge in [0.1, 0.15) is 0 Å². The lowest BCUT2D eigenvalue weighted by Gasteiger charge is -2.10. The Morgan fingerprint density at radius 3 is 2.62 bits per heavy atom. The predicted molar refractivity (Wildman–Crippen MR) is 100 cm³/mol. The van der Waals surface area contributed by atoms with Crippen molar-refractivity contribution in [3.8, 4) is 0 Å². The molecule has 0 aromatic heterocycles. The number of nitrogens with one attached hydrogen (secondary N) is 2. The fourth-order valence-electron chi connectivity index (χ4n) is 2.40. The summed E-state index contributed by atoms with van der Waals surface area (Å²) in [6.07, 6.45) is 0.576. The second kappa shape index (κ2) is 9.47. The number of hydrogen-bond donors (Lipinski definition) is 2. The average Bonchev–Trinajstić information content (AvgIpc) is 2.64. The Hall–Kier alpha value is -2.22. The van der Waals surface area contributed by atoms with Crippen LogP contribution in [0, 0.1) is 6.92 Å². The van der Waals surface area contributed by atoms with Gasteiger partial charge in [-0.1, -0.05) is 30.3 Å². The molecule has 0 saturated carbocycles. The Morgan fingerprint density at radius 2 is 1.88 bits per heavy atom. The first kappa shape index (κ1) is 20.1. The predicted octanol–water partition coefficient (Wildman–Crippen LogP) is 2.24. The van der Waals surface area contributed by atoms with Gasteiger partial charge in [-0.3, -0.25) is 4.79 Å². The van der Waals surface area contributed by atoms with Crippen LogP contribution in [0.5, 0.6) is 0 Å². The van der Waals surface area contributed by atoms with E-state index in [4.69, 9.17) is 4.74 Å². The van der Waals surface area contributed by atoms with Gasteiger partial charge in [-0.05, 0) is 42.7 Å². The molecule has 0 spiro atoms. The van der Waals surface area contributed by atoms with Gasteiger partial charge >= 0.3 is 0 Å². The summed E-state index contributed by atoms with van der Waals surface area (Å²) < 4.78 is 32.0. The molecule has 0 aliphatic rings. The maximum atomic E-state index is 12.4. The highest BCUT2D eigenvalue weighted by Gasteiger charge is 2.15. The number of carbonyl (C=O) groups excluding carboxylic acids is 1. The Bertz CT molecular complexity index is 850. The van der Waals surface area contributed by atoms with E-state index in [1.807, 2.05) is 31.2 Å². The molecule has 0 aliphatic carbocycles. The topological polar surface area (TPSA) is 84.5 Å². The van der Waals surface area contributed by atoms with E-state index in [0.29, 0.717) is 25.1 Å². The summed E-state index contributed by atoms with van der Waals surface area (Å²) in [5.41, 5.74) is 2.41. The van der Waals surface area contributed by atoms with Crippen molar-refractivity contribution < 1.29 is 17.9 Å². The summed E-state index contributed by atoms with van der Waals surface area (Å²) in [5.74, 6) is -0.315. The van der Waals surface area contributed by atoms with E-state index in [1.165, 1.54) is 12.1 Å². The van der Waals surface area contributed by atoms with Gasteiger partial charge in [0.2, 0.25) is 10.0 Å². The van der Waals surface area contributed by atoms with E-state index in [0.717, 1.165) is 11.1 Å². The molecule has 0 bridgehead atoms. The molecule has 26 heavy (non-hydrogen) atoms. The summed E-state index contributed by atoms with van der Waals surface area (Å²) >= 11 is 0. The third kappa shape index (κ3) is 5.66. The zero-order valence-electron chi connectivity index (χ0n) is 15.0. The lowest BCUT2D eigenvalue weighted by atomic mass is 10.1. The zero-order valence-corrected chi connectivity index (χ0v) is 15.8. The van der Waals surface area contributed by atoms with Gasteiger partial charge in [0, 0.05) is 32.4 Å². The second-order valence-corrected chi connectivity index (χ2v) is 7.65. The van der Waals surface area contributed by atoms with Crippen LogP contribution in [0.3, 0.4) is 0 Å². The van der Waals surface area contributed by atoms with Crippen LogP contribution in [0.15, 0.2) is 53.4 Å². The van der Waals surface area contributed by atoms with Crippen molar-refractivity contribution in [1.82, 2.24) is 10.0 Å². The van der Waals surface area contributed by atoms with E-state index in [9.17, 15) is 13.2 Å². The molecular weight excluding hydrogens is 352 g/mol. The molecule has 0 radical (unpaired) electrons. The van der Waals surface area contributed by atoms with Crippen LogP contribution >= 0.6 is 0 Å². The molecule has 2 N–H and O–H groups in total. The number of sulfonamides is 1. The molecule has 2 rings (SSSR count). The molecule has 0 unspecified atom stereocenters. The van der Waals surface area contributed by atoms with Gasteiger partial charge in [0.15, 0.2) is 0 Å². The van der Waals surface area contributed by atoms with Gasteiger partial charge in [0.05, 0.1) is 4.90 Å². The largest absolute Gasteiger partial charge is 0.385 e. The molecule has 0 heterocycles.